The van der Waals surface area contributed by atoms with Gasteiger partial charge in [0, 0.05) is 44.5 Å². The first-order chi connectivity index (χ1) is 19.6. The molecule has 0 atom stereocenters. The maximum atomic E-state index is 13.5. The molecule has 1 aliphatic heterocycles. The topological polar surface area (TPSA) is 155 Å². The quantitative estimate of drug-likeness (QED) is 0.199. The van der Waals surface area contributed by atoms with E-state index in [4.69, 9.17) is 14.6 Å². The van der Waals surface area contributed by atoms with E-state index in [1.165, 1.54) is 23.5 Å². The number of nitrogens with zero attached hydrogens (tertiary/aromatic N) is 3. The molecule has 2 amide bonds. The maximum Gasteiger partial charge on any atom is 0.416 e. The van der Waals surface area contributed by atoms with E-state index in [1.807, 2.05) is 0 Å². The molecule has 2 aromatic rings. The summed E-state index contributed by atoms with van der Waals surface area (Å²) in [7, 11) is 1.62. The number of benzene rings is 1. The number of aliphatic carboxylic acids is 1. The van der Waals surface area contributed by atoms with E-state index in [9.17, 15) is 27.6 Å². The van der Waals surface area contributed by atoms with Gasteiger partial charge in [0.2, 0.25) is 0 Å². The van der Waals surface area contributed by atoms with E-state index in [2.05, 4.69) is 25.9 Å². The molecule has 0 spiro atoms. The van der Waals surface area contributed by atoms with Crippen LogP contribution in [-0.4, -0.2) is 70.3 Å². The van der Waals surface area contributed by atoms with Gasteiger partial charge in [0.25, 0.3) is 5.91 Å². The van der Waals surface area contributed by atoms with E-state index in [0.717, 1.165) is 12.1 Å². The van der Waals surface area contributed by atoms with Crippen molar-refractivity contribution in [1.82, 2.24) is 14.9 Å². The van der Waals surface area contributed by atoms with Crippen molar-refractivity contribution in [3.8, 4) is 5.75 Å². The average Bonchev–Trinajstić information content (AvgIpc) is 3.21. The molecule has 228 valence electrons. The molecule has 0 radical (unpaired) electrons. The number of carboxylic acid groups (broad SMARTS) is 1. The molecule has 4 N–H and O–H groups in total. The number of amides is 2. The van der Waals surface area contributed by atoms with Gasteiger partial charge in [0.05, 0.1) is 23.3 Å². The second kappa shape index (κ2) is 13.4. The Balaban J connectivity index is 1.73. The molecule has 2 heterocycles. The lowest BCUT2D eigenvalue weighted by atomic mass is 10.1. The maximum absolute atomic E-state index is 13.5. The smallest absolute Gasteiger partial charge is 0.416 e. The summed E-state index contributed by atoms with van der Waals surface area (Å²) >= 11 is 0. The van der Waals surface area contributed by atoms with Crippen molar-refractivity contribution in [2.75, 3.05) is 42.7 Å². The largest absolute Gasteiger partial charge is 0.493 e. The van der Waals surface area contributed by atoms with Gasteiger partial charge in [0.15, 0.2) is 0 Å². The van der Waals surface area contributed by atoms with Gasteiger partial charge in [-0.1, -0.05) is 0 Å². The molecule has 1 aromatic heterocycles. The third-order valence-electron chi connectivity index (χ3n) is 5.68. The van der Waals surface area contributed by atoms with E-state index in [-0.39, 0.29) is 42.3 Å². The third-order valence-corrected chi connectivity index (χ3v) is 5.68. The number of fused-ring (bicyclic) bond motifs is 1. The second-order valence-electron chi connectivity index (χ2n) is 10.4. The Morgan fingerprint density at radius 1 is 1.14 bits per heavy atom. The first-order valence-corrected chi connectivity index (χ1v) is 13.0. The van der Waals surface area contributed by atoms with E-state index in [1.54, 1.807) is 27.8 Å². The van der Waals surface area contributed by atoms with Crippen LogP contribution in [0, 0.1) is 0 Å². The third kappa shape index (κ3) is 9.24. The number of alkyl halides is 3. The number of carbonyl (C=O) groups is 3. The fourth-order valence-corrected chi connectivity index (χ4v) is 3.75. The van der Waals surface area contributed by atoms with Gasteiger partial charge < -0.3 is 35.4 Å². The van der Waals surface area contributed by atoms with Crippen molar-refractivity contribution in [2.24, 2.45) is 0 Å². The van der Waals surface area contributed by atoms with Crippen LogP contribution in [0.1, 0.15) is 51.2 Å². The van der Waals surface area contributed by atoms with Crippen LogP contribution in [0.5, 0.6) is 5.75 Å². The van der Waals surface area contributed by atoms with Crippen LogP contribution in [0.25, 0.3) is 5.57 Å². The Labute approximate surface area is 240 Å². The summed E-state index contributed by atoms with van der Waals surface area (Å²) in [6, 6.07) is 2.98. The van der Waals surface area contributed by atoms with E-state index >= 15 is 0 Å². The Morgan fingerprint density at radius 3 is 2.55 bits per heavy atom. The summed E-state index contributed by atoms with van der Waals surface area (Å²) in [5.41, 5.74) is -1.21. The lowest BCUT2D eigenvalue weighted by molar-refractivity contribution is -0.138. The number of carbonyl (C=O) groups excluding carboxylic acids is 2. The van der Waals surface area contributed by atoms with Crippen LogP contribution in [0.2, 0.25) is 0 Å². The molecule has 12 nitrogen and oxygen atoms in total. The lowest BCUT2D eigenvalue weighted by Gasteiger charge is -2.24. The number of carboxylic acids is 1. The van der Waals surface area contributed by atoms with Crippen LogP contribution in [0.15, 0.2) is 30.7 Å². The Kier molecular flexibility index (Phi) is 10.2. The normalized spacial score (nSPS) is 13.8. The average molecular weight is 595 g/mol. The molecule has 1 aromatic carbocycles. The van der Waals surface area contributed by atoms with Crippen molar-refractivity contribution < 1.29 is 42.1 Å². The van der Waals surface area contributed by atoms with Gasteiger partial charge >= 0.3 is 18.2 Å². The SMILES string of the molecule is CN(CCCNc1ncnc2c1/C(=C/Nc1cc(OCCCC(=O)O)cc(C(F)(F)F)c1)C(=O)N2)C(=O)OC(C)(C)C. The fourth-order valence-electron chi connectivity index (χ4n) is 3.75. The molecule has 15 heteroatoms. The van der Waals surface area contributed by atoms with Crippen LogP contribution in [0.3, 0.4) is 0 Å². The highest BCUT2D eigenvalue weighted by Gasteiger charge is 2.32. The Morgan fingerprint density at radius 2 is 1.88 bits per heavy atom. The number of hydrogen-bond acceptors (Lipinski definition) is 9. The minimum absolute atomic E-state index is 0.0108. The Bertz CT molecular complexity index is 1340. The minimum Gasteiger partial charge on any atom is -0.493 e. The van der Waals surface area contributed by atoms with E-state index in [0.29, 0.717) is 30.9 Å². The molecule has 1 aliphatic rings. The monoisotopic (exact) mass is 594 g/mol. The van der Waals surface area contributed by atoms with Crippen molar-refractivity contribution in [3.63, 3.8) is 0 Å². The number of rotatable bonds is 12. The van der Waals surface area contributed by atoms with Crippen LogP contribution in [-0.2, 0) is 20.5 Å². The van der Waals surface area contributed by atoms with Gasteiger partial charge in [-0.15, -0.1) is 0 Å². The highest BCUT2D eigenvalue weighted by atomic mass is 19.4. The summed E-state index contributed by atoms with van der Waals surface area (Å²) in [5, 5.41) is 17.2. The summed E-state index contributed by atoms with van der Waals surface area (Å²) in [5.74, 6) is -1.16. The Hall–Kier alpha value is -4.56. The number of hydrogen-bond donors (Lipinski definition) is 4. The molecule has 0 aliphatic carbocycles. The fraction of sp³-hybridized carbons (Fsp3) is 0.444. The summed E-state index contributed by atoms with van der Waals surface area (Å²) in [4.78, 5) is 45.3. The van der Waals surface area contributed by atoms with Gasteiger partial charge in [-0.3, -0.25) is 9.59 Å². The predicted octanol–water partition coefficient (Wildman–Crippen LogP) is 4.81. The van der Waals surface area contributed by atoms with Crippen molar-refractivity contribution in [2.45, 2.75) is 51.8 Å². The van der Waals surface area contributed by atoms with Crippen LogP contribution in [0.4, 0.5) is 35.3 Å². The number of ether oxygens (including phenoxy) is 2. The zero-order valence-corrected chi connectivity index (χ0v) is 23.6. The summed E-state index contributed by atoms with van der Waals surface area (Å²) < 4.78 is 51.2. The zero-order chi connectivity index (χ0) is 31.1. The number of aromatic nitrogens is 2. The van der Waals surface area contributed by atoms with Gasteiger partial charge in [-0.25, -0.2) is 14.8 Å². The van der Waals surface area contributed by atoms with Gasteiger partial charge in [-0.05, 0) is 45.7 Å². The molecule has 0 bridgehead atoms. The molecule has 3 rings (SSSR count). The highest BCUT2D eigenvalue weighted by Crippen LogP contribution is 2.36. The van der Waals surface area contributed by atoms with Gasteiger partial charge in [0.1, 0.15) is 29.3 Å². The standard InChI is InChI=1S/C27H33F3N6O6/c1-26(2,3)42-25(40)36(4)9-6-8-31-22-21-19(24(39)35-23(21)34-15-33-22)14-32-17-11-16(27(28,29)30)12-18(13-17)41-10-5-7-20(37)38/h11-15,32H,5-10H2,1-4H3,(H,37,38)(H2,31,33,34,35,39)/b19-14-. The second-order valence-corrected chi connectivity index (χ2v) is 10.4. The van der Waals surface area contributed by atoms with Crippen molar-refractivity contribution >= 4 is 40.9 Å². The molecule has 0 unspecified atom stereocenters. The van der Waals surface area contributed by atoms with Gasteiger partial charge in [-0.2, -0.15) is 13.2 Å². The molecular weight excluding hydrogens is 561 g/mol. The van der Waals surface area contributed by atoms with Crippen LogP contribution >= 0.6 is 0 Å². The first-order valence-electron chi connectivity index (χ1n) is 13.0. The minimum atomic E-state index is -4.68. The van der Waals surface area contributed by atoms with Crippen molar-refractivity contribution in [1.29, 1.82) is 0 Å². The lowest BCUT2D eigenvalue weighted by Crippen LogP contribution is -2.35. The van der Waals surface area contributed by atoms with Crippen molar-refractivity contribution in [3.05, 3.63) is 41.9 Å². The first kappa shape index (κ1) is 32.0. The summed E-state index contributed by atoms with van der Waals surface area (Å²) in [6.45, 7) is 5.99. The number of anilines is 3. The number of halogens is 3. The predicted molar refractivity (Wildman–Crippen MR) is 148 cm³/mol. The zero-order valence-electron chi connectivity index (χ0n) is 23.6. The summed E-state index contributed by atoms with van der Waals surface area (Å²) in [6.07, 6.45) is -2.19. The molecular formula is C27H33F3N6O6. The number of nitrogens with one attached hydrogen (secondary N) is 3. The highest BCUT2D eigenvalue weighted by molar-refractivity contribution is 6.32. The van der Waals surface area contributed by atoms with Crippen LogP contribution < -0.4 is 20.7 Å². The van der Waals surface area contributed by atoms with E-state index < -0.39 is 35.3 Å². The molecule has 42 heavy (non-hydrogen) atoms. The molecule has 0 saturated carbocycles. The molecule has 0 fully saturated rings. The molecule has 0 saturated heterocycles.